The van der Waals surface area contributed by atoms with E-state index in [1.165, 1.54) is 12.7 Å². The first-order valence-corrected chi connectivity index (χ1v) is 11.0. The molecular weight excluding hydrogens is 408 g/mol. The number of fused-ring (bicyclic) bond motifs is 1. The maximum atomic E-state index is 12.7. The number of benzene rings is 2. The van der Waals surface area contributed by atoms with Crippen LogP contribution in [0.5, 0.6) is 23.0 Å². The number of aromatic hydroxyl groups is 1. The van der Waals surface area contributed by atoms with Gasteiger partial charge in [0, 0.05) is 19.6 Å². The second-order valence-electron chi connectivity index (χ2n) is 8.20. The molecule has 0 bridgehead atoms. The van der Waals surface area contributed by atoms with Gasteiger partial charge in [-0.3, -0.25) is 4.79 Å². The fourth-order valence-corrected chi connectivity index (χ4v) is 4.11. The summed E-state index contributed by atoms with van der Waals surface area (Å²) in [4.78, 5) is 16.9. The number of carbonyl (C=O) groups is 1. The molecule has 174 valence electrons. The molecule has 1 aliphatic rings. The lowest BCUT2D eigenvalue weighted by molar-refractivity contribution is -0.130. The Morgan fingerprint density at radius 3 is 2.44 bits per heavy atom. The van der Waals surface area contributed by atoms with Crippen molar-refractivity contribution in [2.45, 2.75) is 25.7 Å². The molecule has 0 saturated heterocycles. The van der Waals surface area contributed by atoms with Gasteiger partial charge >= 0.3 is 0 Å². The lowest BCUT2D eigenvalue weighted by atomic mass is 10.0. The van der Waals surface area contributed by atoms with E-state index in [1.54, 1.807) is 20.3 Å². The van der Waals surface area contributed by atoms with E-state index in [4.69, 9.17) is 14.2 Å². The highest BCUT2D eigenvalue weighted by atomic mass is 16.5. The Morgan fingerprint density at radius 2 is 1.72 bits per heavy atom. The predicted molar refractivity (Wildman–Crippen MR) is 124 cm³/mol. The molecule has 0 aliphatic carbocycles. The number of phenols is 1. The van der Waals surface area contributed by atoms with E-state index in [2.05, 4.69) is 18.0 Å². The van der Waals surface area contributed by atoms with Crippen molar-refractivity contribution in [2.75, 3.05) is 54.6 Å². The summed E-state index contributed by atoms with van der Waals surface area (Å²) in [6.07, 6.45) is 2.92. The topological polar surface area (TPSA) is 71.5 Å². The van der Waals surface area contributed by atoms with E-state index < -0.39 is 0 Å². The third-order valence-electron chi connectivity index (χ3n) is 6.04. The van der Waals surface area contributed by atoms with Gasteiger partial charge in [-0.15, -0.1) is 0 Å². The molecule has 0 fully saturated rings. The van der Waals surface area contributed by atoms with Crippen LogP contribution in [-0.4, -0.2) is 75.4 Å². The van der Waals surface area contributed by atoms with Gasteiger partial charge in [0.15, 0.2) is 23.0 Å². The van der Waals surface area contributed by atoms with Crippen LogP contribution in [0.1, 0.15) is 23.1 Å². The standard InChI is InChI=1S/C25H34N2O5/c1-26(12-8-18-6-7-22(30-2)24(14-18)32-4)10-5-11-27-13-9-19-16-23(31-3)21(28)15-20(19)17-25(27)29/h6-7,14-16,28H,5,8-13,17H2,1-4H3. The smallest absolute Gasteiger partial charge is 0.227 e. The number of likely N-dealkylation sites (N-methyl/N-ethyl adjacent to an activating group) is 1. The Bertz CT molecular complexity index is 931. The molecule has 1 aliphatic heterocycles. The zero-order valence-corrected chi connectivity index (χ0v) is 19.5. The average molecular weight is 443 g/mol. The molecule has 0 aromatic heterocycles. The summed E-state index contributed by atoms with van der Waals surface area (Å²) in [5, 5.41) is 10.0. The minimum atomic E-state index is 0.0867. The van der Waals surface area contributed by atoms with Gasteiger partial charge in [0.05, 0.1) is 27.8 Å². The molecule has 1 N–H and O–H groups in total. The average Bonchev–Trinajstić information content (AvgIpc) is 2.94. The van der Waals surface area contributed by atoms with Gasteiger partial charge in [-0.1, -0.05) is 6.07 Å². The maximum absolute atomic E-state index is 12.7. The van der Waals surface area contributed by atoms with E-state index >= 15 is 0 Å². The Labute approximate surface area is 190 Å². The number of rotatable bonds is 10. The fourth-order valence-electron chi connectivity index (χ4n) is 4.11. The second-order valence-corrected chi connectivity index (χ2v) is 8.20. The highest BCUT2D eigenvalue weighted by Gasteiger charge is 2.22. The van der Waals surface area contributed by atoms with Gasteiger partial charge in [-0.2, -0.15) is 0 Å². The molecule has 0 spiro atoms. The first kappa shape index (κ1) is 23.7. The van der Waals surface area contributed by atoms with Crippen LogP contribution in [0.3, 0.4) is 0 Å². The van der Waals surface area contributed by atoms with Crippen LogP contribution in [0.2, 0.25) is 0 Å². The normalized spacial score (nSPS) is 13.7. The van der Waals surface area contributed by atoms with Crippen molar-refractivity contribution in [3.63, 3.8) is 0 Å². The highest BCUT2D eigenvalue weighted by molar-refractivity contribution is 5.80. The molecule has 1 heterocycles. The van der Waals surface area contributed by atoms with Crippen molar-refractivity contribution in [3.8, 4) is 23.0 Å². The van der Waals surface area contributed by atoms with Crippen LogP contribution in [0.25, 0.3) is 0 Å². The van der Waals surface area contributed by atoms with Crippen molar-refractivity contribution in [1.82, 2.24) is 9.80 Å². The number of hydrogen-bond donors (Lipinski definition) is 1. The van der Waals surface area contributed by atoms with E-state index in [-0.39, 0.29) is 11.7 Å². The highest BCUT2D eigenvalue weighted by Crippen LogP contribution is 2.31. The summed E-state index contributed by atoms with van der Waals surface area (Å²) < 4.78 is 15.9. The van der Waals surface area contributed by atoms with Crippen LogP contribution in [0, 0.1) is 0 Å². The summed E-state index contributed by atoms with van der Waals surface area (Å²) in [5.41, 5.74) is 3.17. The van der Waals surface area contributed by atoms with E-state index in [9.17, 15) is 9.90 Å². The van der Waals surface area contributed by atoms with Crippen molar-refractivity contribution >= 4 is 5.91 Å². The molecule has 32 heavy (non-hydrogen) atoms. The molecule has 2 aromatic carbocycles. The van der Waals surface area contributed by atoms with Crippen LogP contribution in [0.15, 0.2) is 30.3 Å². The van der Waals surface area contributed by atoms with Gasteiger partial charge < -0.3 is 29.1 Å². The molecule has 7 heteroatoms. The van der Waals surface area contributed by atoms with Gasteiger partial charge in [-0.25, -0.2) is 0 Å². The first-order chi connectivity index (χ1) is 15.4. The number of nitrogens with zero attached hydrogens (tertiary/aromatic N) is 2. The number of methoxy groups -OCH3 is 3. The SMILES string of the molecule is COc1cc2c(cc1O)CC(=O)N(CCCN(C)CCc1ccc(OC)c(OC)c1)CC2. The Morgan fingerprint density at radius 1 is 0.969 bits per heavy atom. The minimum Gasteiger partial charge on any atom is -0.504 e. The second kappa shape index (κ2) is 11.1. The molecule has 1 amide bonds. The molecule has 3 rings (SSSR count). The summed E-state index contributed by atoms with van der Waals surface area (Å²) in [7, 11) is 6.93. The maximum Gasteiger partial charge on any atom is 0.227 e. The quantitative estimate of drug-likeness (QED) is 0.610. The van der Waals surface area contributed by atoms with Crippen molar-refractivity contribution in [1.29, 1.82) is 0 Å². The summed E-state index contributed by atoms with van der Waals surface area (Å²) in [6, 6.07) is 9.54. The zero-order valence-electron chi connectivity index (χ0n) is 19.5. The Balaban J connectivity index is 1.46. The molecule has 0 saturated carbocycles. The molecule has 0 unspecified atom stereocenters. The van der Waals surface area contributed by atoms with E-state index in [0.717, 1.165) is 61.5 Å². The molecule has 0 radical (unpaired) electrons. The molecule has 2 aromatic rings. The van der Waals surface area contributed by atoms with Gasteiger partial charge in [0.1, 0.15) is 0 Å². The van der Waals surface area contributed by atoms with E-state index in [1.807, 2.05) is 23.1 Å². The predicted octanol–water partition coefficient (Wildman–Crippen LogP) is 2.91. The van der Waals surface area contributed by atoms with Gasteiger partial charge in [0.25, 0.3) is 0 Å². The van der Waals surface area contributed by atoms with Crippen molar-refractivity contribution in [3.05, 3.63) is 47.0 Å². The van der Waals surface area contributed by atoms with Crippen LogP contribution in [0.4, 0.5) is 0 Å². The number of hydrogen-bond acceptors (Lipinski definition) is 6. The fraction of sp³-hybridized carbons (Fsp3) is 0.480. The number of phenolic OH excluding ortho intramolecular Hbond substituents is 1. The van der Waals surface area contributed by atoms with Crippen LogP contribution < -0.4 is 14.2 Å². The zero-order chi connectivity index (χ0) is 23.1. The van der Waals surface area contributed by atoms with Crippen molar-refractivity contribution < 1.29 is 24.1 Å². The first-order valence-electron chi connectivity index (χ1n) is 11.0. The summed E-state index contributed by atoms with van der Waals surface area (Å²) in [5.74, 6) is 2.15. The monoisotopic (exact) mass is 442 g/mol. The number of carbonyl (C=O) groups excluding carboxylic acids is 1. The Hall–Kier alpha value is -2.93. The van der Waals surface area contributed by atoms with E-state index in [0.29, 0.717) is 18.7 Å². The minimum absolute atomic E-state index is 0.0867. The van der Waals surface area contributed by atoms with Gasteiger partial charge in [0.2, 0.25) is 5.91 Å². The molecule has 0 atom stereocenters. The van der Waals surface area contributed by atoms with Crippen LogP contribution in [-0.2, 0) is 24.1 Å². The van der Waals surface area contributed by atoms with Crippen molar-refractivity contribution in [2.24, 2.45) is 0 Å². The van der Waals surface area contributed by atoms with Crippen LogP contribution >= 0.6 is 0 Å². The lowest BCUT2D eigenvalue weighted by Gasteiger charge is -2.23. The number of ether oxygens (including phenoxy) is 3. The largest absolute Gasteiger partial charge is 0.504 e. The third-order valence-corrected chi connectivity index (χ3v) is 6.04. The van der Waals surface area contributed by atoms with Gasteiger partial charge in [-0.05, 0) is 73.8 Å². The lowest BCUT2D eigenvalue weighted by Crippen LogP contribution is -2.35. The molecule has 7 nitrogen and oxygen atoms in total. The summed E-state index contributed by atoms with van der Waals surface area (Å²) >= 11 is 0. The Kier molecular flexibility index (Phi) is 8.22. The number of amides is 1. The molecular formula is C25H34N2O5. The third kappa shape index (κ3) is 5.85. The summed E-state index contributed by atoms with van der Waals surface area (Å²) in [6.45, 7) is 3.26.